The van der Waals surface area contributed by atoms with Crippen molar-refractivity contribution in [3.8, 4) is 0 Å². The average Bonchev–Trinajstić information content (AvgIpc) is 2.55. The second-order valence-electron chi connectivity index (χ2n) is 5.45. The van der Waals surface area contributed by atoms with Crippen molar-refractivity contribution in [2.24, 2.45) is 0 Å². The fourth-order valence-corrected chi connectivity index (χ4v) is 3.73. The van der Waals surface area contributed by atoms with Gasteiger partial charge in [0, 0.05) is 18.9 Å². The van der Waals surface area contributed by atoms with Gasteiger partial charge in [-0.1, -0.05) is 18.2 Å². The molecule has 0 fully saturated rings. The molecule has 1 atom stereocenters. The molecule has 1 aliphatic rings. The lowest BCUT2D eigenvalue weighted by Gasteiger charge is -2.34. The third-order valence-electron chi connectivity index (χ3n) is 3.83. The first kappa shape index (κ1) is 15.5. The predicted molar refractivity (Wildman–Crippen MR) is 87.7 cm³/mol. The van der Waals surface area contributed by atoms with Crippen LogP contribution < -0.4 is 9.62 Å². The van der Waals surface area contributed by atoms with Gasteiger partial charge in [-0.05, 0) is 30.2 Å². The van der Waals surface area contributed by atoms with E-state index in [1.165, 1.54) is 16.8 Å². The van der Waals surface area contributed by atoms with Crippen molar-refractivity contribution in [3.05, 3.63) is 59.9 Å². The SMILES string of the molecule is CS(=O)(=O)N1CCC(NC(=O)c2cccnc2)c2ccccc21. The van der Waals surface area contributed by atoms with Gasteiger partial charge in [0.15, 0.2) is 0 Å². The van der Waals surface area contributed by atoms with Crippen LogP contribution >= 0.6 is 0 Å². The van der Waals surface area contributed by atoms with Crippen LogP contribution in [0.15, 0.2) is 48.8 Å². The number of rotatable bonds is 3. The van der Waals surface area contributed by atoms with Crippen LogP contribution in [0.3, 0.4) is 0 Å². The Bertz CT molecular complexity index is 821. The Kier molecular flexibility index (Phi) is 4.04. The maximum Gasteiger partial charge on any atom is 0.253 e. The smallest absolute Gasteiger partial charge is 0.253 e. The molecule has 120 valence electrons. The van der Waals surface area contributed by atoms with E-state index in [0.29, 0.717) is 24.2 Å². The summed E-state index contributed by atoms with van der Waals surface area (Å²) in [6.07, 6.45) is 4.83. The molecular weight excluding hydrogens is 314 g/mol. The van der Waals surface area contributed by atoms with E-state index in [1.54, 1.807) is 30.5 Å². The number of amides is 1. The Labute approximate surface area is 135 Å². The molecule has 2 heterocycles. The first-order chi connectivity index (χ1) is 11.0. The zero-order valence-corrected chi connectivity index (χ0v) is 13.5. The Morgan fingerprint density at radius 2 is 2.04 bits per heavy atom. The van der Waals surface area contributed by atoms with E-state index in [1.807, 2.05) is 12.1 Å². The van der Waals surface area contributed by atoms with Crippen LogP contribution in [-0.4, -0.2) is 32.1 Å². The number of fused-ring (bicyclic) bond motifs is 1. The number of nitrogens with one attached hydrogen (secondary N) is 1. The van der Waals surface area contributed by atoms with Gasteiger partial charge in [-0.15, -0.1) is 0 Å². The molecule has 0 aliphatic carbocycles. The third kappa shape index (κ3) is 3.19. The topological polar surface area (TPSA) is 79.4 Å². The molecule has 1 amide bonds. The van der Waals surface area contributed by atoms with Gasteiger partial charge in [-0.2, -0.15) is 0 Å². The number of carbonyl (C=O) groups is 1. The van der Waals surface area contributed by atoms with Crippen LogP contribution in [0.2, 0.25) is 0 Å². The van der Waals surface area contributed by atoms with E-state index in [2.05, 4.69) is 10.3 Å². The lowest BCUT2D eigenvalue weighted by Crippen LogP contribution is -2.40. The van der Waals surface area contributed by atoms with Crippen molar-refractivity contribution in [2.45, 2.75) is 12.5 Å². The molecule has 6 nitrogen and oxygen atoms in total. The van der Waals surface area contributed by atoms with Crippen molar-refractivity contribution >= 4 is 21.6 Å². The molecule has 0 saturated heterocycles. The van der Waals surface area contributed by atoms with E-state index in [0.717, 1.165) is 5.56 Å². The molecule has 2 aromatic rings. The first-order valence-electron chi connectivity index (χ1n) is 7.24. The summed E-state index contributed by atoms with van der Waals surface area (Å²) >= 11 is 0. The predicted octanol–water partition coefficient (Wildman–Crippen LogP) is 1.72. The van der Waals surface area contributed by atoms with E-state index in [-0.39, 0.29) is 11.9 Å². The highest BCUT2D eigenvalue weighted by Crippen LogP contribution is 2.35. The molecule has 0 saturated carbocycles. The van der Waals surface area contributed by atoms with E-state index < -0.39 is 10.0 Å². The number of carbonyl (C=O) groups excluding carboxylic acids is 1. The number of hydrogen-bond acceptors (Lipinski definition) is 4. The standard InChI is InChI=1S/C16H17N3O3S/c1-23(21,22)19-10-8-14(13-6-2-3-7-15(13)19)18-16(20)12-5-4-9-17-11-12/h2-7,9,11,14H,8,10H2,1H3,(H,18,20). The second-order valence-corrected chi connectivity index (χ2v) is 7.36. The minimum absolute atomic E-state index is 0.217. The molecule has 0 bridgehead atoms. The molecule has 1 unspecified atom stereocenters. The van der Waals surface area contributed by atoms with Crippen molar-refractivity contribution in [2.75, 3.05) is 17.1 Å². The minimum atomic E-state index is -3.33. The fourth-order valence-electron chi connectivity index (χ4n) is 2.76. The monoisotopic (exact) mass is 331 g/mol. The Morgan fingerprint density at radius 3 is 2.74 bits per heavy atom. The number of sulfonamides is 1. The molecular formula is C16H17N3O3S. The van der Waals surface area contributed by atoms with Gasteiger partial charge in [0.2, 0.25) is 10.0 Å². The fraction of sp³-hybridized carbons (Fsp3) is 0.250. The van der Waals surface area contributed by atoms with Crippen molar-refractivity contribution < 1.29 is 13.2 Å². The van der Waals surface area contributed by atoms with E-state index in [4.69, 9.17) is 0 Å². The van der Waals surface area contributed by atoms with Crippen LogP contribution in [0, 0.1) is 0 Å². The quantitative estimate of drug-likeness (QED) is 0.929. The number of hydrogen-bond donors (Lipinski definition) is 1. The molecule has 1 aromatic carbocycles. The van der Waals surface area contributed by atoms with Crippen LogP contribution in [0.4, 0.5) is 5.69 Å². The Morgan fingerprint density at radius 1 is 1.26 bits per heavy atom. The number of aromatic nitrogens is 1. The summed E-state index contributed by atoms with van der Waals surface area (Å²) in [5.74, 6) is -0.217. The van der Waals surface area contributed by atoms with Crippen molar-refractivity contribution in [3.63, 3.8) is 0 Å². The Balaban J connectivity index is 1.89. The molecule has 1 aromatic heterocycles. The van der Waals surface area contributed by atoms with Crippen LogP contribution in [0.25, 0.3) is 0 Å². The summed E-state index contributed by atoms with van der Waals surface area (Å²) in [5, 5.41) is 2.96. The highest BCUT2D eigenvalue weighted by atomic mass is 32.2. The molecule has 0 spiro atoms. The van der Waals surface area contributed by atoms with Crippen LogP contribution in [0.5, 0.6) is 0 Å². The summed E-state index contributed by atoms with van der Waals surface area (Å²) in [6.45, 7) is 0.341. The summed E-state index contributed by atoms with van der Waals surface area (Å²) in [4.78, 5) is 16.3. The molecule has 23 heavy (non-hydrogen) atoms. The largest absolute Gasteiger partial charge is 0.345 e. The average molecular weight is 331 g/mol. The van der Waals surface area contributed by atoms with Crippen molar-refractivity contribution in [1.82, 2.24) is 10.3 Å². The molecule has 1 aliphatic heterocycles. The third-order valence-corrected chi connectivity index (χ3v) is 5.01. The molecule has 1 N–H and O–H groups in total. The highest BCUT2D eigenvalue weighted by molar-refractivity contribution is 7.92. The number of nitrogens with zero attached hydrogens (tertiary/aromatic N) is 2. The number of anilines is 1. The molecule has 3 rings (SSSR count). The zero-order valence-electron chi connectivity index (χ0n) is 12.6. The number of benzene rings is 1. The van der Waals surface area contributed by atoms with Gasteiger partial charge in [0.25, 0.3) is 5.91 Å². The van der Waals surface area contributed by atoms with E-state index in [9.17, 15) is 13.2 Å². The summed E-state index contributed by atoms with van der Waals surface area (Å²) < 4.78 is 25.2. The van der Waals surface area contributed by atoms with Crippen LogP contribution in [-0.2, 0) is 10.0 Å². The lowest BCUT2D eigenvalue weighted by atomic mass is 9.97. The van der Waals surface area contributed by atoms with Gasteiger partial charge >= 0.3 is 0 Å². The van der Waals surface area contributed by atoms with Gasteiger partial charge in [0.1, 0.15) is 0 Å². The number of pyridine rings is 1. The van der Waals surface area contributed by atoms with Gasteiger partial charge in [-0.3, -0.25) is 14.1 Å². The maximum atomic E-state index is 12.3. The van der Waals surface area contributed by atoms with Gasteiger partial charge < -0.3 is 5.32 Å². The summed E-state index contributed by atoms with van der Waals surface area (Å²) in [5.41, 5.74) is 1.91. The molecule has 0 radical (unpaired) electrons. The minimum Gasteiger partial charge on any atom is -0.345 e. The lowest BCUT2D eigenvalue weighted by molar-refractivity contribution is 0.0934. The van der Waals surface area contributed by atoms with Crippen molar-refractivity contribution in [1.29, 1.82) is 0 Å². The normalized spacial score (nSPS) is 17.4. The summed E-state index contributed by atoms with van der Waals surface area (Å²) in [6, 6.07) is 10.4. The number of para-hydroxylation sites is 1. The second kappa shape index (κ2) is 6.00. The highest BCUT2D eigenvalue weighted by Gasteiger charge is 2.30. The van der Waals surface area contributed by atoms with E-state index >= 15 is 0 Å². The zero-order chi connectivity index (χ0) is 16.4. The van der Waals surface area contributed by atoms with Gasteiger partial charge in [-0.25, -0.2) is 8.42 Å². The Hall–Kier alpha value is -2.41. The first-order valence-corrected chi connectivity index (χ1v) is 9.09. The van der Waals surface area contributed by atoms with Gasteiger partial charge in [0.05, 0.1) is 23.5 Å². The summed E-state index contributed by atoms with van der Waals surface area (Å²) in [7, 11) is -3.33. The molecule has 7 heteroatoms. The maximum absolute atomic E-state index is 12.3. The van der Waals surface area contributed by atoms with Crippen LogP contribution in [0.1, 0.15) is 28.4 Å².